The van der Waals surface area contributed by atoms with Crippen LogP contribution in [0.5, 0.6) is 0 Å². The van der Waals surface area contributed by atoms with Gasteiger partial charge in [-0.25, -0.2) is 0 Å². The van der Waals surface area contributed by atoms with E-state index in [1.54, 1.807) is 24.3 Å². The Bertz CT molecular complexity index is 453. The van der Waals surface area contributed by atoms with Gasteiger partial charge in [-0.15, -0.1) is 0 Å². The van der Waals surface area contributed by atoms with Gasteiger partial charge in [0, 0.05) is 16.6 Å². The molecule has 0 aliphatic heterocycles. The van der Waals surface area contributed by atoms with E-state index in [0.717, 1.165) is 24.9 Å². The summed E-state index contributed by atoms with van der Waals surface area (Å²) in [5, 5.41) is 12.3. The number of hydrogen-bond acceptors (Lipinski definition) is 3. The fourth-order valence-corrected chi connectivity index (χ4v) is 3.01. The number of carbonyl (C=O) groups is 1. The molecule has 0 bridgehead atoms. The van der Waals surface area contributed by atoms with E-state index in [2.05, 4.69) is 5.32 Å². The molecule has 1 aromatic carbocycles. The fraction of sp³-hybridized carbons (Fsp3) is 0.500. The van der Waals surface area contributed by atoms with Crippen LogP contribution in [-0.4, -0.2) is 22.9 Å². The van der Waals surface area contributed by atoms with E-state index in [-0.39, 0.29) is 12.0 Å². The van der Waals surface area contributed by atoms with Crippen LogP contribution >= 0.6 is 11.8 Å². The first kappa shape index (κ1) is 15.1. The number of hydrogen-bond donors (Lipinski definition) is 2. The van der Waals surface area contributed by atoms with Crippen LogP contribution in [0.4, 0.5) is 14.5 Å². The summed E-state index contributed by atoms with van der Waals surface area (Å²) >= 11 is 0.519. The Labute approximate surface area is 120 Å². The Balaban J connectivity index is 1.91. The normalized spacial score (nSPS) is 22.8. The topological polar surface area (TPSA) is 49.3 Å². The highest BCUT2D eigenvalue weighted by atomic mass is 32.2. The number of alkyl halides is 2. The largest absolute Gasteiger partial charge is 0.481 e. The van der Waals surface area contributed by atoms with Gasteiger partial charge in [0.05, 0.1) is 5.92 Å². The Kier molecular flexibility index (Phi) is 5.23. The van der Waals surface area contributed by atoms with Crippen molar-refractivity contribution in [2.75, 3.05) is 5.32 Å². The van der Waals surface area contributed by atoms with Gasteiger partial charge in [0.2, 0.25) is 0 Å². The summed E-state index contributed by atoms with van der Waals surface area (Å²) in [6, 6.07) is 6.95. The molecular formula is C14H17F2NO2S. The maximum atomic E-state index is 12.2. The number of rotatable bonds is 5. The summed E-state index contributed by atoms with van der Waals surface area (Å²) in [6.07, 6.45) is 3.19. The van der Waals surface area contributed by atoms with Gasteiger partial charge in [-0.1, -0.05) is 18.2 Å². The molecule has 0 saturated heterocycles. The predicted molar refractivity (Wildman–Crippen MR) is 75.3 cm³/mol. The lowest BCUT2D eigenvalue weighted by molar-refractivity contribution is -0.142. The molecule has 0 spiro atoms. The van der Waals surface area contributed by atoms with Crippen LogP contribution in [0, 0.1) is 5.92 Å². The highest BCUT2D eigenvalue weighted by molar-refractivity contribution is 7.99. The van der Waals surface area contributed by atoms with Crippen molar-refractivity contribution in [2.24, 2.45) is 5.92 Å². The third kappa shape index (κ3) is 4.37. The summed E-state index contributed by atoms with van der Waals surface area (Å²) in [6.45, 7) is 0. The summed E-state index contributed by atoms with van der Waals surface area (Å²) in [4.78, 5) is 11.5. The van der Waals surface area contributed by atoms with Crippen LogP contribution in [-0.2, 0) is 4.79 Å². The molecule has 0 radical (unpaired) electrons. The maximum Gasteiger partial charge on any atom is 0.306 e. The molecule has 2 unspecified atom stereocenters. The standard InChI is InChI=1S/C14H17F2NO2S/c15-14(16)20-12-6-4-10(5-7-12)17-11-3-1-2-9(8-11)13(18)19/h4-7,9,11,14,17H,1-3,8H2,(H,18,19). The Hall–Kier alpha value is -1.30. The van der Waals surface area contributed by atoms with E-state index in [1.807, 2.05) is 0 Å². The fourth-order valence-electron chi connectivity index (χ4n) is 2.51. The van der Waals surface area contributed by atoms with E-state index >= 15 is 0 Å². The van der Waals surface area contributed by atoms with Gasteiger partial charge in [0.25, 0.3) is 5.76 Å². The number of benzene rings is 1. The van der Waals surface area contributed by atoms with Gasteiger partial charge in [0.1, 0.15) is 0 Å². The second-order valence-corrected chi connectivity index (χ2v) is 6.01. The quantitative estimate of drug-likeness (QED) is 0.805. The van der Waals surface area contributed by atoms with Gasteiger partial charge in [-0.2, -0.15) is 8.78 Å². The van der Waals surface area contributed by atoms with Gasteiger partial charge < -0.3 is 10.4 Å². The lowest BCUT2D eigenvalue weighted by Crippen LogP contribution is -2.30. The number of aliphatic carboxylic acids is 1. The van der Waals surface area contributed by atoms with Crippen molar-refractivity contribution in [3.8, 4) is 0 Å². The zero-order chi connectivity index (χ0) is 14.5. The van der Waals surface area contributed by atoms with Crippen molar-refractivity contribution in [3.05, 3.63) is 24.3 Å². The average molecular weight is 301 g/mol. The molecule has 0 heterocycles. The lowest BCUT2D eigenvalue weighted by atomic mass is 9.85. The van der Waals surface area contributed by atoms with Crippen molar-refractivity contribution < 1.29 is 18.7 Å². The van der Waals surface area contributed by atoms with Crippen molar-refractivity contribution in [3.63, 3.8) is 0 Å². The summed E-state index contributed by atoms with van der Waals surface area (Å²) < 4.78 is 24.4. The molecular weight excluding hydrogens is 284 g/mol. The van der Waals surface area contributed by atoms with Crippen LogP contribution in [0.1, 0.15) is 25.7 Å². The molecule has 110 valence electrons. The van der Waals surface area contributed by atoms with Gasteiger partial charge >= 0.3 is 5.97 Å². The summed E-state index contributed by atoms with van der Waals surface area (Å²) in [5.74, 6) is -3.43. The molecule has 1 aliphatic rings. The van der Waals surface area contributed by atoms with E-state index in [9.17, 15) is 13.6 Å². The highest BCUT2D eigenvalue weighted by Crippen LogP contribution is 2.29. The molecule has 1 saturated carbocycles. The zero-order valence-electron chi connectivity index (χ0n) is 10.9. The Morgan fingerprint density at radius 2 is 2.00 bits per heavy atom. The Morgan fingerprint density at radius 1 is 1.30 bits per heavy atom. The number of carboxylic acid groups (broad SMARTS) is 1. The van der Waals surface area contributed by atoms with Crippen LogP contribution in [0.3, 0.4) is 0 Å². The summed E-state index contributed by atoms with van der Waals surface area (Å²) in [5.41, 5.74) is 0.847. The van der Waals surface area contributed by atoms with E-state index in [0.29, 0.717) is 23.1 Å². The third-order valence-electron chi connectivity index (χ3n) is 3.47. The van der Waals surface area contributed by atoms with Crippen molar-refractivity contribution >= 4 is 23.4 Å². The Morgan fingerprint density at radius 3 is 2.60 bits per heavy atom. The van der Waals surface area contributed by atoms with Crippen molar-refractivity contribution in [1.29, 1.82) is 0 Å². The average Bonchev–Trinajstić information content (AvgIpc) is 2.41. The van der Waals surface area contributed by atoms with E-state index < -0.39 is 11.7 Å². The summed E-state index contributed by atoms with van der Waals surface area (Å²) in [7, 11) is 0. The highest BCUT2D eigenvalue weighted by Gasteiger charge is 2.26. The number of nitrogens with one attached hydrogen (secondary N) is 1. The van der Waals surface area contributed by atoms with E-state index in [1.165, 1.54) is 0 Å². The smallest absolute Gasteiger partial charge is 0.306 e. The molecule has 0 amide bonds. The number of carboxylic acids is 1. The first-order valence-corrected chi connectivity index (χ1v) is 7.47. The predicted octanol–water partition coefficient (Wildman–Crippen LogP) is 4.06. The molecule has 6 heteroatoms. The number of thioether (sulfide) groups is 1. The van der Waals surface area contributed by atoms with Gasteiger partial charge in [0.15, 0.2) is 0 Å². The number of anilines is 1. The first-order chi connectivity index (χ1) is 9.54. The van der Waals surface area contributed by atoms with Crippen LogP contribution in [0.25, 0.3) is 0 Å². The van der Waals surface area contributed by atoms with Crippen LogP contribution in [0.15, 0.2) is 29.2 Å². The zero-order valence-corrected chi connectivity index (χ0v) is 11.7. The molecule has 20 heavy (non-hydrogen) atoms. The second-order valence-electron chi connectivity index (χ2n) is 4.95. The third-order valence-corrected chi connectivity index (χ3v) is 4.20. The monoisotopic (exact) mass is 301 g/mol. The molecule has 1 aliphatic carbocycles. The van der Waals surface area contributed by atoms with Crippen LogP contribution < -0.4 is 5.32 Å². The minimum absolute atomic E-state index is 0.137. The molecule has 2 atom stereocenters. The SMILES string of the molecule is O=C(O)C1CCCC(Nc2ccc(SC(F)F)cc2)C1. The first-order valence-electron chi connectivity index (χ1n) is 6.59. The molecule has 2 rings (SSSR count). The molecule has 2 N–H and O–H groups in total. The van der Waals surface area contributed by atoms with Gasteiger partial charge in [-0.05, 0) is 43.5 Å². The van der Waals surface area contributed by atoms with E-state index in [4.69, 9.17) is 5.11 Å². The minimum Gasteiger partial charge on any atom is -0.481 e. The lowest BCUT2D eigenvalue weighted by Gasteiger charge is -2.28. The molecule has 1 fully saturated rings. The van der Waals surface area contributed by atoms with Crippen LogP contribution in [0.2, 0.25) is 0 Å². The van der Waals surface area contributed by atoms with Gasteiger partial charge in [-0.3, -0.25) is 4.79 Å². The minimum atomic E-state index is -2.41. The molecule has 0 aromatic heterocycles. The molecule has 1 aromatic rings. The van der Waals surface area contributed by atoms with Crippen molar-refractivity contribution in [1.82, 2.24) is 0 Å². The second kappa shape index (κ2) is 6.92. The number of halogens is 2. The maximum absolute atomic E-state index is 12.2. The molecule has 3 nitrogen and oxygen atoms in total. The van der Waals surface area contributed by atoms with Crippen molar-refractivity contribution in [2.45, 2.75) is 42.4 Å².